The first-order valence-electron chi connectivity index (χ1n) is 5.53. The van der Waals surface area contributed by atoms with Gasteiger partial charge in [-0.15, -0.1) is 0 Å². The van der Waals surface area contributed by atoms with Gasteiger partial charge in [-0.05, 0) is 18.1 Å². The molecule has 0 aliphatic heterocycles. The summed E-state index contributed by atoms with van der Waals surface area (Å²) in [5, 5.41) is 0. The maximum Gasteiger partial charge on any atom is 0.471 e. The molecule has 1 aromatic rings. The molecular formula is C12H15F3N2O. The fourth-order valence-electron chi connectivity index (χ4n) is 1.62. The van der Waals surface area contributed by atoms with Crippen molar-refractivity contribution in [2.75, 3.05) is 6.54 Å². The van der Waals surface area contributed by atoms with E-state index >= 15 is 0 Å². The summed E-state index contributed by atoms with van der Waals surface area (Å²) < 4.78 is 37.1. The Hall–Kier alpha value is -1.56. The molecule has 0 radical (unpaired) electrons. The van der Waals surface area contributed by atoms with Crippen molar-refractivity contribution in [1.29, 1.82) is 0 Å². The normalized spacial score (nSPS) is 11.4. The molecule has 18 heavy (non-hydrogen) atoms. The number of rotatable bonds is 4. The summed E-state index contributed by atoms with van der Waals surface area (Å²) in [4.78, 5) is 11.9. The Morgan fingerprint density at radius 1 is 1.28 bits per heavy atom. The molecule has 0 saturated carbocycles. The minimum atomic E-state index is -4.84. The van der Waals surface area contributed by atoms with Crippen LogP contribution in [0, 0.1) is 0 Å². The Morgan fingerprint density at radius 3 is 2.28 bits per heavy atom. The van der Waals surface area contributed by atoms with Crippen LogP contribution in [0.3, 0.4) is 0 Å². The minimum Gasteiger partial charge on any atom is -0.331 e. The number of alkyl halides is 3. The van der Waals surface area contributed by atoms with Gasteiger partial charge in [0.1, 0.15) is 0 Å². The van der Waals surface area contributed by atoms with Gasteiger partial charge >= 0.3 is 12.1 Å². The van der Waals surface area contributed by atoms with Crippen molar-refractivity contribution in [1.82, 2.24) is 4.90 Å². The summed E-state index contributed by atoms with van der Waals surface area (Å²) in [6.45, 7) is 1.65. The Balaban J connectivity index is 2.90. The van der Waals surface area contributed by atoms with Crippen molar-refractivity contribution in [3.8, 4) is 0 Å². The van der Waals surface area contributed by atoms with Crippen LogP contribution >= 0.6 is 0 Å². The van der Waals surface area contributed by atoms with Crippen molar-refractivity contribution < 1.29 is 18.0 Å². The Morgan fingerprint density at radius 2 is 1.83 bits per heavy atom. The molecule has 0 heterocycles. The molecule has 0 unspecified atom stereocenters. The third-order valence-corrected chi connectivity index (χ3v) is 2.61. The summed E-state index contributed by atoms with van der Waals surface area (Å²) in [5.74, 6) is -1.82. The smallest absolute Gasteiger partial charge is 0.331 e. The second kappa shape index (κ2) is 5.86. The number of hydrogen-bond acceptors (Lipinski definition) is 2. The van der Waals surface area contributed by atoms with Gasteiger partial charge < -0.3 is 10.6 Å². The molecule has 0 aliphatic rings. The molecule has 0 bridgehead atoms. The monoisotopic (exact) mass is 260 g/mol. The lowest BCUT2D eigenvalue weighted by Gasteiger charge is -2.23. The molecule has 0 fully saturated rings. The van der Waals surface area contributed by atoms with E-state index in [2.05, 4.69) is 0 Å². The predicted molar refractivity (Wildman–Crippen MR) is 61.5 cm³/mol. The zero-order chi connectivity index (χ0) is 13.8. The van der Waals surface area contributed by atoms with Crippen LogP contribution in [-0.4, -0.2) is 23.5 Å². The molecule has 0 atom stereocenters. The summed E-state index contributed by atoms with van der Waals surface area (Å²) >= 11 is 0. The Kier molecular flexibility index (Phi) is 4.72. The van der Waals surface area contributed by atoms with E-state index in [1.165, 1.54) is 6.92 Å². The number of nitrogens with two attached hydrogens (primary N) is 1. The largest absolute Gasteiger partial charge is 0.471 e. The number of amides is 1. The molecule has 2 N–H and O–H groups in total. The second-order valence-electron chi connectivity index (χ2n) is 3.79. The van der Waals surface area contributed by atoms with Crippen molar-refractivity contribution in [2.24, 2.45) is 5.73 Å². The molecule has 0 saturated heterocycles. The van der Waals surface area contributed by atoms with Crippen LogP contribution in [0.5, 0.6) is 0 Å². The molecular weight excluding hydrogens is 245 g/mol. The molecule has 3 nitrogen and oxygen atoms in total. The van der Waals surface area contributed by atoms with E-state index in [0.29, 0.717) is 5.56 Å². The van der Waals surface area contributed by atoms with Crippen molar-refractivity contribution in [3.05, 3.63) is 35.4 Å². The summed E-state index contributed by atoms with van der Waals surface area (Å²) in [6, 6.07) is 6.88. The van der Waals surface area contributed by atoms with Crippen LogP contribution in [0.25, 0.3) is 0 Å². The number of carbonyl (C=O) groups excluding carboxylic acids is 1. The predicted octanol–water partition coefficient (Wildman–Crippen LogP) is 2.06. The molecule has 1 rings (SSSR count). The first kappa shape index (κ1) is 14.5. The first-order valence-corrected chi connectivity index (χ1v) is 5.53. The van der Waals surface area contributed by atoms with Gasteiger partial charge in [-0.1, -0.05) is 24.3 Å². The van der Waals surface area contributed by atoms with E-state index in [4.69, 9.17) is 5.73 Å². The maximum atomic E-state index is 12.4. The molecule has 0 aliphatic carbocycles. The minimum absolute atomic E-state index is 0.00273. The lowest BCUT2D eigenvalue weighted by atomic mass is 10.1. The highest BCUT2D eigenvalue weighted by Crippen LogP contribution is 2.20. The second-order valence-corrected chi connectivity index (χ2v) is 3.79. The van der Waals surface area contributed by atoms with Gasteiger partial charge in [-0.3, -0.25) is 4.79 Å². The number of hydrogen-bond donors (Lipinski definition) is 1. The molecule has 6 heteroatoms. The topological polar surface area (TPSA) is 46.3 Å². The van der Waals surface area contributed by atoms with Crippen LogP contribution in [-0.2, 0) is 17.9 Å². The maximum absolute atomic E-state index is 12.4. The van der Waals surface area contributed by atoms with E-state index in [9.17, 15) is 18.0 Å². The molecule has 1 amide bonds. The summed E-state index contributed by atoms with van der Waals surface area (Å²) in [5.41, 5.74) is 6.88. The quantitative estimate of drug-likeness (QED) is 0.900. The van der Waals surface area contributed by atoms with E-state index in [1.807, 2.05) is 0 Å². The van der Waals surface area contributed by atoms with Crippen LogP contribution in [0.2, 0.25) is 0 Å². The fraction of sp³-hybridized carbons (Fsp3) is 0.417. The van der Waals surface area contributed by atoms with Crippen LogP contribution in [0.15, 0.2) is 24.3 Å². The van der Waals surface area contributed by atoms with E-state index in [0.717, 1.165) is 10.5 Å². The average Bonchev–Trinajstić information content (AvgIpc) is 2.34. The van der Waals surface area contributed by atoms with E-state index in [-0.39, 0.29) is 19.6 Å². The number of halogens is 3. The van der Waals surface area contributed by atoms with Gasteiger partial charge in [0.25, 0.3) is 0 Å². The highest BCUT2D eigenvalue weighted by Gasteiger charge is 2.41. The van der Waals surface area contributed by atoms with Crippen LogP contribution in [0.1, 0.15) is 18.1 Å². The Bertz CT molecular complexity index is 418. The highest BCUT2D eigenvalue weighted by atomic mass is 19.4. The van der Waals surface area contributed by atoms with E-state index in [1.54, 1.807) is 24.3 Å². The SMILES string of the molecule is CCN(Cc1ccccc1CN)C(=O)C(F)(F)F. The molecule has 0 aromatic heterocycles. The lowest BCUT2D eigenvalue weighted by molar-refractivity contribution is -0.185. The summed E-state index contributed by atoms with van der Waals surface area (Å²) in [6.07, 6.45) is -4.84. The standard InChI is InChI=1S/C12H15F3N2O/c1-2-17(11(18)12(13,14)15)8-10-6-4-3-5-9(10)7-16/h3-6H,2,7-8,16H2,1H3. The molecule has 1 aromatic carbocycles. The van der Waals surface area contributed by atoms with Gasteiger partial charge in [0.2, 0.25) is 0 Å². The van der Waals surface area contributed by atoms with Gasteiger partial charge in [0.15, 0.2) is 0 Å². The highest BCUT2D eigenvalue weighted by molar-refractivity contribution is 5.81. The van der Waals surface area contributed by atoms with Gasteiger partial charge in [-0.2, -0.15) is 13.2 Å². The van der Waals surface area contributed by atoms with Crippen molar-refractivity contribution in [3.63, 3.8) is 0 Å². The van der Waals surface area contributed by atoms with Gasteiger partial charge in [0, 0.05) is 19.6 Å². The third-order valence-electron chi connectivity index (χ3n) is 2.61. The average molecular weight is 260 g/mol. The van der Waals surface area contributed by atoms with Gasteiger partial charge in [-0.25, -0.2) is 0 Å². The number of benzene rings is 1. The first-order chi connectivity index (χ1) is 8.40. The van der Waals surface area contributed by atoms with E-state index < -0.39 is 12.1 Å². The zero-order valence-corrected chi connectivity index (χ0v) is 10.00. The zero-order valence-electron chi connectivity index (χ0n) is 10.00. The molecule has 100 valence electrons. The van der Waals surface area contributed by atoms with Crippen LogP contribution < -0.4 is 5.73 Å². The number of carbonyl (C=O) groups is 1. The summed E-state index contributed by atoms with van der Waals surface area (Å²) in [7, 11) is 0. The van der Waals surface area contributed by atoms with Crippen molar-refractivity contribution >= 4 is 5.91 Å². The number of nitrogens with zero attached hydrogens (tertiary/aromatic N) is 1. The lowest BCUT2D eigenvalue weighted by Crippen LogP contribution is -2.40. The van der Waals surface area contributed by atoms with Crippen LogP contribution in [0.4, 0.5) is 13.2 Å². The van der Waals surface area contributed by atoms with Gasteiger partial charge in [0.05, 0.1) is 0 Å². The third kappa shape index (κ3) is 3.46. The fourth-order valence-corrected chi connectivity index (χ4v) is 1.62. The van der Waals surface area contributed by atoms with Crippen molar-refractivity contribution in [2.45, 2.75) is 26.2 Å². The molecule has 0 spiro atoms. The Labute approximate surface area is 103 Å².